The molecule has 0 spiro atoms. The first-order chi connectivity index (χ1) is 25.1. The number of aromatic hydroxyl groups is 2. The lowest BCUT2D eigenvalue weighted by molar-refractivity contribution is -0.302. The van der Waals surface area contributed by atoms with E-state index >= 15 is 0 Å². The maximum Gasteiger partial charge on any atom is 0.239 e. The lowest BCUT2D eigenvalue weighted by Crippen LogP contribution is -2.63. The number of rotatable bonds is 9. The lowest BCUT2D eigenvalue weighted by atomic mass is 9.81. The van der Waals surface area contributed by atoms with Crippen LogP contribution in [0, 0.1) is 5.92 Å². The molecule has 19 nitrogen and oxygen atoms in total. The zero-order chi connectivity index (χ0) is 38.5. The van der Waals surface area contributed by atoms with E-state index in [0.29, 0.717) is 0 Å². The summed E-state index contributed by atoms with van der Waals surface area (Å²) in [4.78, 5) is 14.2. The third-order valence-electron chi connectivity index (χ3n) is 9.82. The quantitative estimate of drug-likeness (QED) is 0.102. The second-order valence-corrected chi connectivity index (χ2v) is 13.4. The number of hydrogen-bond donors (Lipinski definition) is 12. The Balaban J connectivity index is 1.40. The van der Waals surface area contributed by atoms with Crippen LogP contribution >= 0.6 is 0 Å². The fourth-order valence-corrected chi connectivity index (χ4v) is 6.69. The van der Waals surface area contributed by atoms with E-state index in [2.05, 4.69) is 0 Å². The summed E-state index contributed by atoms with van der Waals surface area (Å²) in [6, 6.07) is 7.35. The van der Waals surface area contributed by atoms with Gasteiger partial charge >= 0.3 is 0 Å². The van der Waals surface area contributed by atoms with E-state index in [0.717, 1.165) is 12.1 Å². The van der Waals surface area contributed by atoms with Gasteiger partial charge in [0.05, 0.1) is 24.9 Å². The normalized spacial score (nSPS) is 37.8. The van der Waals surface area contributed by atoms with Gasteiger partial charge in [0.15, 0.2) is 5.76 Å². The average molecular weight is 755 g/mol. The molecular weight excluding hydrogens is 712 g/mol. The number of benzene rings is 2. The molecule has 15 atom stereocenters. The number of aliphatic hydroxyl groups is 10. The number of phenols is 2. The summed E-state index contributed by atoms with van der Waals surface area (Å²) in [5.41, 5.74) is -1.17. The minimum Gasteiger partial charge on any atom is -0.508 e. The molecule has 0 bridgehead atoms. The molecule has 12 N–H and O–H groups in total. The van der Waals surface area contributed by atoms with Crippen molar-refractivity contribution in [1.29, 1.82) is 0 Å². The van der Waals surface area contributed by atoms with Crippen LogP contribution in [0.25, 0.3) is 22.3 Å². The van der Waals surface area contributed by atoms with Crippen molar-refractivity contribution in [3.63, 3.8) is 0 Å². The van der Waals surface area contributed by atoms with Crippen molar-refractivity contribution < 1.29 is 89.4 Å². The Morgan fingerprint density at radius 1 is 0.736 bits per heavy atom. The Morgan fingerprint density at radius 3 is 2.08 bits per heavy atom. The summed E-state index contributed by atoms with van der Waals surface area (Å²) >= 11 is 0. The maximum atomic E-state index is 14.2. The van der Waals surface area contributed by atoms with Crippen molar-refractivity contribution in [2.24, 2.45) is 5.92 Å². The molecule has 1 saturated carbocycles. The second-order valence-electron chi connectivity index (χ2n) is 13.4. The number of aliphatic hydroxyl groups excluding tert-OH is 10. The maximum absolute atomic E-state index is 14.2. The highest BCUT2D eigenvalue weighted by molar-refractivity contribution is 5.88. The van der Waals surface area contributed by atoms with Crippen molar-refractivity contribution in [3.8, 4) is 34.3 Å². The van der Waals surface area contributed by atoms with E-state index in [4.69, 9.17) is 28.1 Å². The topological polar surface area (TPSA) is 319 Å². The van der Waals surface area contributed by atoms with Gasteiger partial charge in [-0.15, -0.1) is 0 Å². The molecule has 1 aromatic heterocycles. The van der Waals surface area contributed by atoms with Crippen LogP contribution in [0.1, 0.15) is 13.3 Å². The van der Waals surface area contributed by atoms with Gasteiger partial charge in [-0.2, -0.15) is 0 Å². The van der Waals surface area contributed by atoms with Gasteiger partial charge < -0.3 is 89.4 Å². The first kappa shape index (κ1) is 39.0. The third-order valence-corrected chi connectivity index (χ3v) is 9.82. The number of phenolic OH excluding ortho intramolecular Hbond substituents is 2. The minimum absolute atomic E-state index is 0.143. The molecule has 3 heterocycles. The molecule has 0 radical (unpaired) electrons. The van der Waals surface area contributed by atoms with Crippen molar-refractivity contribution in [2.45, 2.75) is 99.2 Å². The number of ether oxygens (including phenoxy) is 5. The Labute approximate surface area is 299 Å². The predicted octanol–water partition coefficient (Wildman–Crippen LogP) is -3.26. The molecule has 0 amide bonds. The van der Waals surface area contributed by atoms with Gasteiger partial charge in [-0.3, -0.25) is 4.79 Å². The highest BCUT2D eigenvalue weighted by Crippen LogP contribution is 2.39. The summed E-state index contributed by atoms with van der Waals surface area (Å²) in [6.45, 7) is 0.0770. The molecule has 2 saturated heterocycles. The van der Waals surface area contributed by atoms with E-state index in [-0.39, 0.29) is 34.8 Å². The summed E-state index contributed by atoms with van der Waals surface area (Å²) in [7, 11) is 0. The van der Waals surface area contributed by atoms with Gasteiger partial charge in [0.25, 0.3) is 0 Å². The smallest absolute Gasteiger partial charge is 0.239 e. The first-order valence-electron chi connectivity index (χ1n) is 16.7. The van der Waals surface area contributed by atoms with Crippen LogP contribution in [-0.2, 0) is 14.2 Å². The molecule has 3 aliphatic rings. The van der Waals surface area contributed by atoms with Crippen LogP contribution in [0.15, 0.2) is 45.6 Å². The predicted molar refractivity (Wildman–Crippen MR) is 174 cm³/mol. The van der Waals surface area contributed by atoms with Crippen molar-refractivity contribution in [2.75, 3.05) is 13.2 Å². The summed E-state index contributed by atoms with van der Waals surface area (Å²) < 4.78 is 34.9. The zero-order valence-electron chi connectivity index (χ0n) is 28.0. The van der Waals surface area contributed by atoms with E-state index in [9.17, 15) is 66.1 Å². The zero-order valence-corrected chi connectivity index (χ0v) is 28.0. The van der Waals surface area contributed by atoms with E-state index in [1.165, 1.54) is 31.2 Å². The van der Waals surface area contributed by atoms with Crippen LogP contribution in [0.4, 0.5) is 0 Å². The van der Waals surface area contributed by atoms with Crippen LogP contribution in [0.2, 0.25) is 0 Å². The number of fused-ring (bicyclic) bond motifs is 1. The SMILES string of the molecule is C[C@@H]1O[C@@H](Oc2c(-c3ccc(O)cc3)oc3cc(O[C@@H]4O[C@H](CO)[C@@H](O)[C@H](O)[C@H]4O)cc(O)c3c2=O)[C@H](O[C@@H]2C[C@H](CO)[C@@H](O)[C@H](O)[C@H]2O)[C@H](O)[C@H]1O. The fraction of sp³-hybridized carbons (Fsp3) is 0.559. The lowest BCUT2D eigenvalue weighted by Gasteiger charge is -2.45. The standard InChI is InChI=1S/C34H42O19/c1-11-21(39)28(46)32(51-18-6-13(9-35)22(40)26(44)23(18)41)34(48-11)53-31-25(43)20-16(38)7-15(49-33-29(47)27(45)24(42)19(10-36)52-33)8-17(20)50-30(31)12-2-4-14(37)5-3-12/h2-5,7-8,11,13,18-19,21-24,26-29,32-42,44-47H,6,9-10H2,1H3/t11-,13+,18+,19+,21-,22+,23-,24+,26-,27-,28+,29+,32+,33+,34-/m0/s1. The summed E-state index contributed by atoms with van der Waals surface area (Å²) in [5.74, 6) is -2.98. The third kappa shape index (κ3) is 7.41. The first-order valence-corrected chi connectivity index (χ1v) is 16.7. The summed E-state index contributed by atoms with van der Waals surface area (Å²) in [6.07, 6.45) is -22.6. The van der Waals surface area contributed by atoms with Crippen molar-refractivity contribution in [3.05, 3.63) is 46.6 Å². The van der Waals surface area contributed by atoms with Gasteiger partial charge in [-0.25, -0.2) is 0 Å². The molecular formula is C34H42O19. The second kappa shape index (κ2) is 15.6. The van der Waals surface area contributed by atoms with Crippen LogP contribution in [-0.4, -0.2) is 160 Å². The minimum atomic E-state index is -1.81. The highest BCUT2D eigenvalue weighted by Gasteiger charge is 2.50. The molecule has 1 aliphatic carbocycles. The van der Waals surface area contributed by atoms with Crippen LogP contribution in [0.3, 0.4) is 0 Å². The van der Waals surface area contributed by atoms with Crippen molar-refractivity contribution >= 4 is 11.0 Å². The van der Waals surface area contributed by atoms with Crippen LogP contribution < -0.4 is 14.9 Å². The van der Waals surface area contributed by atoms with E-state index in [1.54, 1.807) is 0 Å². The molecule has 3 aromatic rings. The van der Waals surface area contributed by atoms with E-state index < -0.39 is 127 Å². The molecule has 2 aromatic carbocycles. The number of hydrogen-bond acceptors (Lipinski definition) is 19. The summed E-state index contributed by atoms with van der Waals surface area (Å²) in [5, 5.41) is 124. The van der Waals surface area contributed by atoms with Crippen LogP contribution in [0.5, 0.6) is 23.0 Å². The molecule has 0 unspecified atom stereocenters. The average Bonchev–Trinajstić information content (AvgIpc) is 3.13. The van der Waals surface area contributed by atoms with Crippen molar-refractivity contribution in [1.82, 2.24) is 0 Å². The van der Waals surface area contributed by atoms with Gasteiger partial charge in [-0.1, -0.05) is 0 Å². The van der Waals surface area contributed by atoms with Gasteiger partial charge in [0.1, 0.15) is 83.2 Å². The highest BCUT2D eigenvalue weighted by atomic mass is 16.7. The Bertz CT molecular complexity index is 1780. The molecule has 6 rings (SSSR count). The molecule has 292 valence electrons. The molecule has 2 aliphatic heterocycles. The monoisotopic (exact) mass is 754 g/mol. The van der Waals surface area contributed by atoms with E-state index in [1.807, 2.05) is 0 Å². The fourth-order valence-electron chi connectivity index (χ4n) is 6.69. The van der Waals surface area contributed by atoms with Gasteiger partial charge in [-0.05, 0) is 37.6 Å². The molecule has 3 fully saturated rings. The Kier molecular flexibility index (Phi) is 11.5. The van der Waals surface area contributed by atoms with Gasteiger partial charge in [0.2, 0.25) is 23.8 Å². The molecule has 53 heavy (non-hydrogen) atoms. The molecule has 19 heteroatoms. The Hall–Kier alpha value is -3.67. The van der Waals surface area contributed by atoms with Gasteiger partial charge in [0, 0.05) is 30.2 Å². The Morgan fingerprint density at radius 2 is 1.42 bits per heavy atom. The largest absolute Gasteiger partial charge is 0.508 e.